The maximum atomic E-state index is 12.9. The van der Waals surface area contributed by atoms with E-state index < -0.39 is 6.10 Å². The van der Waals surface area contributed by atoms with Gasteiger partial charge in [-0.3, -0.25) is 14.4 Å². The van der Waals surface area contributed by atoms with Crippen molar-refractivity contribution < 1.29 is 28.6 Å². The smallest absolute Gasteiger partial charge is 0.306 e. The fourth-order valence-corrected chi connectivity index (χ4v) is 10.7. The first-order valence-electron chi connectivity index (χ1n) is 35.8. The van der Waals surface area contributed by atoms with Crippen LogP contribution in [0.15, 0.2) is 60.8 Å². The monoisotopic (exact) mass is 1130 g/mol. The lowest BCUT2D eigenvalue weighted by Crippen LogP contribution is -2.30. The average Bonchev–Trinajstić information content (AvgIpc) is 3.47. The number of esters is 3. The molecule has 0 fully saturated rings. The summed E-state index contributed by atoms with van der Waals surface area (Å²) >= 11 is 0. The molecule has 0 aromatic heterocycles. The Bertz CT molecular complexity index is 1440. The van der Waals surface area contributed by atoms with E-state index >= 15 is 0 Å². The standard InChI is InChI=1S/C75H136O6/c1-4-7-10-13-16-19-22-24-26-28-30-32-33-34-35-36-37-38-39-40-41-43-44-46-48-50-53-56-59-62-65-68-74(77)80-71-72(70-79-73(76)67-64-61-58-55-52-21-18-15-12-9-6-3)81-75(78)69-66-63-60-57-54-51-49-47-45-42-31-29-27-25-23-20-17-14-11-8-5-2/h7,10,15-16,18-19,24,26,30,32,72H,4-6,8-9,11-14,17,20-23,25,27-29,31,33-71H2,1-3H3/b10-7-,18-15-,19-16-,26-24-,32-30-. The summed E-state index contributed by atoms with van der Waals surface area (Å²) in [7, 11) is 0. The third kappa shape index (κ3) is 67.8. The van der Waals surface area contributed by atoms with Gasteiger partial charge in [-0.25, -0.2) is 0 Å². The molecule has 0 saturated carbocycles. The summed E-state index contributed by atoms with van der Waals surface area (Å²) < 4.78 is 17.0. The van der Waals surface area contributed by atoms with Crippen molar-refractivity contribution in [1.82, 2.24) is 0 Å². The lowest BCUT2D eigenvalue weighted by Gasteiger charge is -2.18. The fourth-order valence-electron chi connectivity index (χ4n) is 10.7. The fraction of sp³-hybridized carbons (Fsp3) is 0.827. The lowest BCUT2D eigenvalue weighted by atomic mass is 10.0. The van der Waals surface area contributed by atoms with E-state index in [1.165, 1.54) is 250 Å². The van der Waals surface area contributed by atoms with Crippen molar-refractivity contribution >= 4 is 17.9 Å². The van der Waals surface area contributed by atoms with Crippen LogP contribution in [0.25, 0.3) is 0 Å². The second-order valence-electron chi connectivity index (χ2n) is 24.1. The van der Waals surface area contributed by atoms with Gasteiger partial charge in [-0.2, -0.15) is 0 Å². The van der Waals surface area contributed by atoms with Crippen LogP contribution in [0.3, 0.4) is 0 Å². The molecule has 0 rings (SSSR count). The van der Waals surface area contributed by atoms with Crippen LogP contribution in [-0.4, -0.2) is 37.2 Å². The zero-order valence-electron chi connectivity index (χ0n) is 54.3. The van der Waals surface area contributed by atoms with E-state index in [0.717, 1.165) is 89.9 Å². The molecular weight excluding hydrogens is 997 g/mol. The highest BCUT2D eigenvalue weighted by Crippen LogP contribution is 2.19. The third-order valence-electron chi connectivity index (χ3n) is 16.0. The molecule has 0 N–H and O–H groups in total. The molecule has 0 aliphatic heterocycles. The zero-order chi connectivity index (χ0) is 58.5. The van der Waals surface area contributed by atoms with Gasteiger partial charge in [-0.1, -0.05) is 345 Å². The Morgan fingerprint density at radius 1 is 0.259 bits per heavy atom. The second-order valence-corrected chi connectivity index (χ2v) is 24.1. The van der Waals surface area contributed by atoms with Gasteiger partial charge in [0, 0.05) is 19.3 Å². The first kappa shape index (κ1) is 78.1. The number of unbranched alkanes of at least 4 members (excludes halogenated alkanes) is 45. The molecule has 0 aliphatic rings. The van der Waals surface area contributed by atoms with Crippen molar-refractivity contribution in [1.29, 1.82) is 0 Å². The molecule has 0 radical (unpaired) electrons. The summed E-state index contributed by atoms with van der Waals surface area (Å²) in [6, 6.07) is 0. The van der Waals surface area contributed by atoms with E-state index in [4.69, 9.17) is 14.2 Å². The molecule has 0 spiro atoms. The highest BCUT2D eigenvalue weighted by atomic mass is 16.6. The molecule has 81 heavy (non-hydrogen) atoms. The van der Waals surface area contributed by atoms with E-state index in [1.54, 1.807) is 0 Å². The van der Waals surface area contributed by atoms with E-state index in [1.807, 2.05) is 0 Å². The van der Waals surface area contributed by atoms with E-state index in [-0.39, 0.29) is 31.1 Å². The van der Waals surface area contributed by atoms with Gasteiger partial charge in [0.05, 0.1) is 0 Å². The summed E-state index contributed by atoms with van der Waals surface area (Å²) in [6.45, 7) is 6.55. The Balaban J connectivity index is 4.13. The van der Waals surface area contributed by atoms with Crippen LogP contribution in [0.2, 0.25) is 0 Å². The minimum Gasteiger partial charge on any atom is -0.462 e. The van der Waals surface area contributed by atoms with Gasteiger partial charge in [0.25, 0.3) is 0 Å². The van der Waals surface area contributed by atoms with Crippen molar-refractivity contribution in [2.45, 2.75) is 386 Å². The Labute approximate surface area is 504 Å². The molecule has 0 bridgehead atoms. The van der Waals surface area contributed by atoms with Crippen LogP contribution in [0.5, 0.6) is 0 Å². The van der Waals surface area contributed by atoms with Gasteiger partial charge in [-0.15, -0.1) is 0 Å². The van der Waals surface area contributed by atoms with Crippen LogP contribution in [0, 0.1) is 0 Å². The molecular formula is C75H136O6. The number of rotatable bonds is 66. The number of hydrogen-bond acceptors (Lipinski definition) is 6. The maximum Gasteiger partial charge on any atom is 0.306 e. The summed E-state index contributed by atoms with van der Waals surface area (Å²) in [5.41, 5.74) is 0. The summed E-state index contributed by atoms with van der Waals surface area (Å²) in [4.78, 5) is 38.4. The second kappa shape index (κ2) is 69.6. The quantitative estimate of drug-likeness (QED) is 0.0261. The van der Waals surface area contributed by atoms with Crippen LogP contribution < -0.4 is 0 Å². The molecule has 0 aliphatic carbocycles. The van der Waals surface area contributed by atoms with E-state index in [9.17, 15) is 14.4 Å². The van der Waals surface area contributed by atoms with Crippen molar-refractivity contribution in [3.8, 4) is 0 Å². The predicted octanol–water partition coefficient (Wildman–Crippen LogP) is 24.7. The molecule has 6 nitrogen and oxygen atoms in total. The molecule has 0 heterocycles. The van der Waals surface area contributed by atoms with E-state index in [0.29, 0.717) is 19.3 Å². The molecule has 0 amide bonds. The molecule has 1 unspecified atom stereocenters. The lowest BCUT2D eigenvalue weighted by molar-refractivity contribution is -0.167. The van der Waals surface area contributed by atoms with Gasteiger partial charge < -0.3 is 14.2 Å². The van der Waals surface area contributed by atoms with Crippen molar-refractivity contribution in [3.05, 3.63) is 60.8 Å². The summed E-state index contributed by atoms with van der Waals surface area (Å²) in [5.74, 6) is -0.855. The zero-order valence-corrected chi connectivity index (χ0v) is 54.3. The molecule has 6 heteroatoms. The van der Waals surface area contributed by atoms with Crippen LogP contribution in [-0.2, 0) is 28.6 Å². The number of carbonyl (C=O) groups is 3. The highest BCUT2D eigenvalue weighted by molar-refractivity contribution is 5.71. The van der Waals surface area contributed by atoms with Gasteiger partial charge in [0.15, 0.2) is 6.10 Å². The normalized spacial score (nSPS) is 12.4. The van der Waals surface area contributed by atoms with Gasteiger partial charge in [-0.05, 0) is 77.0 Å². The number of ether oxygens (including phenoxy) is 3. The molecule has 0 saturated heterocycles. The highest BCUT2D eigenvalue weighted by Gasteiger charge is 2.19. The maximum absolute atomic E-state index is 12.9. The number of hydrogen-bond donors (Lipinski definition) is 0. The third-order valence-corrected chi connectivity index (χ3v) is 16.0. The molecule has 1 atom stereocenters. The van der Waals surface area contributed by atoms with Crippen molar-refractivity contribution in [3.63, 3.8) is 0 Å². The molecule has 472 valence electrons. The van der Waals surface area contributed by atoms with Gasteiger partial charge in [0.2, 0.25) is 0 Å². The van der Waals surface area contributed by atoms with Crippen molar-refractivity contribution in [2.24, 2.45) is 0 Å². The molecule has 0 aromatic rings. The Morgan fingerprint density at radius 2 is 0.494 bits per heavy atom. The first-order chi connectivity index (χ1) is 40.0. The number of carbonyl (C=O) groups excluding carboxylic acids is 3. The Morgan fingerprint density at radius 3 is 0.802 bits per heavy atom. The minimum absolute atomic E-state index is 0.0708. The average molecular weight is 1130 g/mol. The summed E-state index contributed by atoms with van der Waals surface area (Å²) in [6.07, 6.45) is 89.8. The van der Waals surface area contributed by atoms with Gasteiger partial charge >= 0.3 is 17.9 Å². The Kier molecular flexibility index (Phi) is 67.1. The largest absolute Gasteiger partial charge is 0.462 e. The minimum atomic E-state index is -0.774. The predicted molar refractivity (Wildman–Crippen MR) is 353 cm³/mol. The van der Waals surface area contributed by atoms with Gasteiger partial charge in [0.1, 0.15) is 13.2 Å². The molecule has 0 aromatic carbocycles. The van der Waals surface area contributed by atoms with Crippen LogP contribution in [0.4, 0.5) is 0 Å². The van der Waals surface area contributed by atoms with Crippen LogP contribution >= 0.6 is 0 Å². The van der Waals surface area contributed by atoms with Crippen LogP contribution in [0.1, 0.15) is 380 Å². The number of allylic oxidation sites excluding steroid dienone is 10. The topological polar surface area (TPSA) is 78.9 Å². The summed E-state index contributed by atoms with van der Waals surface area (Å²) in [5, 5.41) is 0. The SMILES string of the molecule is CC/C=C\C/C=C\C/C=C\C/C=C\CCCCCCCCCCCCCCCCCCCCC(=O)OCC(COC(=O)CCCCCCC/C=C\CCCC)OC(=O)CCCCCCCCCCCCCCCCCCCCCCC. The first-order valence-corrected chi connectivity index (χ1v) is 35.8. The van der Waals surface area contributed by atoms with Crippen molar-refractivity contribution in [2.75, 3.05) is 13.2 Å². The Hall–Kier alpha value is -2.89. The van der Waals surface area contributed by atoms with E-state index in [2.05, 4.69) is 81.5 Å².